The van der Waals surface area contributed by atoms with Gasteiger partial charge in [0.25, 0.3) is 35.4 Å². The fourth-order valence-electron chi connectivity index (χ4n) is 13.7. The molecule has 13 aromatic rings. The number of furan rings is 1. The largest absolute Gasteiger partial charge is 0.497 e. The number of para-hydroxylation sites is 3. The van der Waals surface area contributed by atoms with Gasteiger partial charge in [0.2, 0.25) is 30.1 Å². The van der Waals surface area contributed by atoms with E-state index in [2.05, 4.69) is 71.3 Å². The summed E-state index contributed by atoms with van der Waals surface area (Å²) in [5, 5.41) is 20.2. The van der Waals surface area contributed by atoms with E-state index in [0.717, 1.165) is 66.3 Å². The number of ether oxygens (including phenoxy) is 4. The van der Waals surface area contributed by atoms with E-state index < -0.39 is 76.9 Å². The number of methoxy groups -OCH3 is 1. The van der Waals surface area contributed by atoms with Crippen molar-refractivity contribution in [1.29, 1.82) is 0 Å². The highest BCUT2D eigenvalue weighted by Gasteiger charge is 2.28. The molecule has 0 spiro atoms. The molecule has 658 valence electrons. The molecular weight excluding hydrogens is 1790 g/mol. The van der Waals surface area contributed by atoms with Gasteiger partial charge in [0, 0.05) is 86.9 Å². The van der Waals surface area contributed by atoms with Crippen LogP contribution in [0.5, 0.6) is 23.0 Å². The van der Waals surface area contributed by atoms with Crippen molar-refractivity contribution in [3.8, 4) is 28.7 Å². The van der Waals surface area contributed by atoms with Crippen LogP contribution in [0.15, 0.2) is 173 Å². The highest BCUT2D eigenvalue weighted by atomic mass is 79.9. The summed E-state index contributed by atoms with van der Waals surface area (Å²) in [6.07, 6.45) is 6.54. The number of hydrogen-bond acceptors (Lipinski definition) is 19. The first kappa shape index (κ1) is 93.8. The Balaban J connectivity index is 0.000000183. The lowest BCUT2D eigenvalue weighted by atomic mass is 10.1. The quantitative estimate of drug-likeness (QED) is 0.0167. The number of H-pyrrole nitrogens is 3. The van der Waals surface area contributed by atoms with Gasteiger partial charge in [0.15, 0.2) is 16.1 Å². The second-order valence-corrected chi connectivity index (χ2v) is 36.8. The summed E-state index contributed by atoms with van der Waals surface area (Å²) in [4.78, 5) is 85.6. The van der Waals surface area contributed by atoms with Crippen LogP contribution >= 0.6 is 50.7 Å². The first-order valence-electron chi connectivity index (χ1n) is 39.5. The number of carbonyl (C=O) groups is 6. The minimum Gasteiger partial charge on any atom is -0.497 e. The summed E-state index contributed by atoms with van der Waals surface area (Å²) in [6, 6.07) is 45.1. The van der Waals surface area contributed by atoms with Crippen LogP contribution in [0.1, 0.15) is 138 Å². The van der Waals surface area contributed by atoms with Crippen molar-refractivity contribution < 1.29 is 77.4 Å². The maximum Gasteiger partial charge on any atom is 0.287 e. The topological polar surface area (TPSA) is 410 Å². The number of aryl methyl sites for hydroxylation is 10. The third-order valence-corrected chi connectivity index (χ3v) is 25.8. The molecule has 0 aliphatic heterocycles. The van der Waals surface area contributed by atoms with Crippen LogP contribution in [-0.4, -0.2) is 159 Å². The molecule has 0 bridgehead atoms. The van der Waals surface area contributed by atoms with Gasteiger partial charge in [-0.25, -0.2) is 44.1 Å². The second kappa shape index (κ2) is 42.2. The number of aromatic amines is 3. The molecule has 37 heteroatoms. The van der Waals surface area contributed by atoms with Gasteiger partial charge in [0.05, 0.1) is 61.1 Å². The monoisotopic (exact) mass is 1880 g/mol. The van der Waals surface area contributed by atoms with Crippen LogP contribution in [0.25, 0.3) is 38.4 Å². The van der Waals surface area contributed by atoms with Crippen molar-refractivity contribution in [1.82, 2.24) is 64.6 Å². The maximum atomic E-state index is 13.3. The van der Waals surface area contributed by atoms with Gasteiger partial charge in [-0.2, -0.15) is 0 Å². The van der Waals surface area contributed by atoms with Gasteiger partial charge in [0.1, 0.15) is 40.1 Å². The predicted molar refractivity (Wildman–Crippen MR) is 484 cm³/mol. The predicted octanol–water partition coefficient (Wildman–Crippen LogP) is 14.4. The normalized spacial score (nSPS) is 11.5. The first-order chi connectivity index (χ1) is 59.5. The molecular formula is C88H93BrCl3N13O17S3. The van der Waals surface area contributed by atoms with Crippen LogP contribution in [0.3, 0.4) is 0 Å². The fourth-order valence-corrected chi connectivity index (χ4v) is 16.9. The molecule has 0 saturated carbocycles. The van der Waals surface area contributed by atoms with Gasteiger partial charge in [-0.15, -0.1) is 5.10 Å². The Labute approximate surface area is 745 Å². The molecule has 13 rings (SSSR count). The SMILES string of the molecule is COc1ccc(-n2nnc(C(=O)NCCS(=O)(=O)NC(=O)c3[nH]c4ccccc4c3CCCOc3cc(C)c(Cl)c(C)c3)c2C)cc1.Cc1cc(OCCCc2c(C(=O)NS(=O)(=O)CCNC(=O)c3ccc(Br)o3)[nH]c3ccccc23)cc(C)c1Cl.Cc1cc(OCCCc2c(C(=O)NS(=O)(=O)CCNC(=O)c3ccn(C)c3)[nH]c3ccccc23)cc(C)c1Cl. The van der Waals surface area contributed by atoms with E-state index in [1.54, 1.807) is 74.4 Å². The van der Waals surface area contributed by atoms with Crippen LogP contribution in [0.4, 0.5) is 0 Å². The number of nitrogens with zero attached hydrogens (tertiary/aromatic N) is 4. The Kier molecular flexibility index (Phi) is 31.6. The lowest BCUT2D eigenvalue weighted by molar-refractivity contribution is 0.0923. The van der Waals surface area contributed by atoms with Crippen molar-refractivity contribution >= 4 is 149 Å². The average molecular weight is 1890 g/mol. The van der Waals surface area contributed by atoms with Crippen LogP contribution in [0, 0.1) is 48.5 Å². The zero-order chi connectivity index (χ0) is 90.0. The first-order valence-corrected chi connectivity index (χ1v) is 46.3. The summed E-state index contributed by atoms with van der Waals surface area (Å²) in [5.74, 6) is -2.47. The second-order valence-electron chi connectivity index (χ2n) is 29.4. The molecule has 0 unspecified atom stereocenters. The number of hydrogen-bond donors (Lipinski definition) is 9. The van der Waals surface area contributed by atoms with Crippen molar-refractivity contribution in [2.75, 3.05) is 63.8 Å². The van der Waals surface area contributed by atoms with Gasteiger partial charge in [-0.3, -0.25) is 28.8 Å². The average Bonchev–Trinajstić information content (AvgIpc) is 1.66. The van der Waals surface area contributed by atoms with Gasteiger partial charge >= 0.3 is 0 Å². The highest BCUT2D eigenvalue weighted by Crippen LogP contribution is 2.33. The van der Waals surface area contributed by atoms with Crippen molar-refractivity contribution in [2.24, 2.45) is 7.05 Å². The fraction of sp³-hybridized carbons (Fsp3) is 0.273. The van der Waals surface area contributed by atoms with E-state index in [0.29, 0.717) is 134 Å². The molecule has 6 heterocycles. The summed E-state index contributed by atoms with van der Waals surface area (Å²) in [5.41, 5.74) is 11.9. The number of aromatic nitrogens is 7. The summed E-state index contributed by atoms with van der Waals surface area (Å²) >= 11 is 21.8. The van der Waals surface area contributed by atoms with E-state index in [1.807, 2.05) is 151 Å². The Hall–Kier alpha value is -11.9. The molecule has 0 radical (unpaired) electrons. The number of benzene rings is 7. The summed E-state index contributed by atoms with van der Waals surface area (Å²) in [7, 11) is -8.81. The molecule has 0 aliphatic carbocycles. The minimum atomic E-state index is -4.11. The number of sulfonamides is 3. The lowest BCUT2D eigenvalue weighted by Crippen LogP contribution is -2.38. The van der Waals surface area contributed by atoms with E-state index in [-0.39, 0.29) is 54.1 Å². The minimum absolute atomic E-state index is 0.0383. The Morgan fingerprint density at radius 3 is 1.16 bits per heavy atom. The molecule has 30 nitrogen and oxygen atoms in total. The third-order valence-electron chi connectivity index (χ3n) is 19.9. The molecule has 0 atom stereocenters. The Morgan fingerprint density at radius 1 is 0.456 bits per heavy atom. The van der Waals surface area contributed by atoms with Crippen molar-refractivity contribution in [3.05, 3.63) is 274 Å². The number of carbonyl (C=O) groups excluding carboxylic acids is 6. The maximum absolute atomic E-state index is 13.3. The Morgan fingerprint density at radius 2 is 0.816 bits per heavy atom. The van der Waals surface area contributed by atoms with Gasteiger partial charge in [-0.05, 0) is 250 Å². The Bertz CT molecular complexity index is 6210. The van der Waals surface area contributed by atoms with E-state index in [1.165, 1.54) is 10.7 Å². The molecule has 0 aliphatic rings. The number of nitrogens with one attached hydrogen (secondary N) is 9. The van der Waals surface area contributed by atoms with E-state index >= 15 is 0 Å². The van der Waals surface area contributed by atoms with Crippen LogP contribution in [-0.2, 0) is 56.4 Å². The van der Waals surface area contributed by atoms with Crippen molar-refractivity contribution in [2.45, 2.75) is 87.0 Å². The van der Waals surface area contributed by atoms with E-state index in [9.17, 15) is 54.0 Å². The molecule has 0 saturated heterocycles. The molecule has 0 fully saturated rings. The number of fused-ring (bicyclic) bond motifs is 3. The molecule has 6 aromatic heterocycles. The van der Waals surface area contributed by atoms with E-state index in [4.69, 9.17) is 58.2 Å². The van der Waals surface area contributed by atoms with Crippen molar-refractivity contribution in [3.63, 3.8) is 0 Å². The lowest BCUT2D eigenvalue weighted by Gasteiger charge is -2.11. The van der Waals surface area contributed by atoms with Gasteiger partial charge in [-0.1, -0.05) is 94.6 Å². The standard InChI is InChI=1S/C33H35ClN6O6S.C28H31ClN4O5S.C27H27BrClN3O6S/c1-20-18-25(19-21(2)29(20)34)46-16-7-9-27-26-8-5-6-10-28(26)36-31(27)33(42)38-47(43,44)17-15-35-32(41)30-22(3)40(39-37-30)23-11-13-24(45-4)14-12-23;1-18-15-21(16-19(2)25(18)29)38-13-6-8-23-22-7-4-5-9-24(22)31-26(23)28(35)32-39(36,37)14-11-30-27(34)20-10-12-33(3)17-20;1-16-14-18(15-17(2)24(16)29)37-12-5-7-20-19-6-3-4-8-21(19)31-25(20)27(34)32-39(35,36)13-11-30-26(33)22-9-10-23(28)38-22/h5-6,8,10-14,18-19,36H,7,9,15-17H2,1-4H3,(H,35,41)(H,38,42);4-5,7,9-10,12,15-17,31H,6,8,11,13-14H2,1-3H3,(H,30,34)(H,32,35);3-4,6,8-10,14-15,31H,5,7,11-13H2,1-2H3,(H,30,33)(H,32,34). The molecule has 125 heavy (non-hydrogen) atoms. The number of amides is 6. The molecule has 6 amide bonds. The third kappa shape index (κ3) is 25.0. The smallest absolute Gasteiger partial charge is 0.287 e. The molecule has 7 aromatic carbocycles. The highest BCUT2D eigenvalue weighted by molar-refractivity contribution is 9.10. The number of halogens is 4. The van der Waals surface area contributed by atoms with Crippen LogP contribution < -0.4 is 49.1 Å². The molecule has 9 N–H and O–H groups in total. The summed E-state index contributed by atoms with van der Waals surface area (Å²) < 4.78 is 114. The van der Waals surface area contributed by atoms with Gasteiger partial charge < -0.3 is 58.8 Å². The van der Waals surface area contributed by atoms with Crippen LogP contribution in [0.2, 0.25) is 15.1 Å². The summed E-state index contributed by atoms with van der Waals surface area (Å²) in [6.45, 7) is 13.8. The zero-order valence-corrected chi connectivity index (χ0v) is 76.0. The number of rotatable bonds is 35. The zero-order valence-electron chi connectivity index (χ0n) is 69.7.